The monoisotopic (exact) mass is 244 g/mol. The summed E-state index contributed by atoms with van der Waals surface area (Å²) in [5, 5.41) is 8.60. The van der Waals surface area contributed by atoms with Crippen molar-refractivity contribution in [3.8, 4) is 0 Å². The number of aliphatic hydroxyl groups is 1. The zero-order valence-electron chi connectivity index (χ0n) is 13.5. The maximum atomic E-state index is 8.60. The van der Waals surface area contributed by atoms with Crippen LogP contribution in [0, 0.1) is 0 Å². The van der Waals surface area contributed by atoms with Gasteiger partial charge in [-0.3, -0.25) is 0 Å². The Hall–Kier alpha value is -0.980. The molecule has 0 aromatic heterocycles. The summed E-state index contributed by atoms with van der Waals surface area (Å²) in [6.45, 7) is 22.9. The van der Waals surface area contributed by atoms with Crippen LogP contribution < -0.4 is 0 Å². The smallest absolute Gasteiger partial charge is 0.110 e. The summed E-state index contributed by atoms with van der Waals surface area (Å²) >= 11 is 0. The lowest BCUT2D eigenvalue weighted by Gasteiger charge is -1.83. The van der Waals surface area contributed by atoms with Crippen LogP contribution in [0.3, 0.4) is 0 Å². The molecule has 0 atom stereocenters. The van der Waals surface area contributed by atoms with Gasteiger partial charge in [0.1, 0.15) is 5.76 Å². The van der Waals surface area contributed by atoms with Crippen molar-refractivity contribution >= 4 is 0 Å². The number of hydrogen-bond acceptors (Lipinski definition) is 1. The van der Waals surface area contributed by atoms with Crippen molar-refractivity contribution in [3.63, 3.8) is 0 Å². The third-order valence-corrected chi connectivity index (χ3v) is 0.911. The molecule has 17 heavy (non-hydrogen) atoms. The second-order valence-corrected chi connectivity index (χ2v) is 1.94. The standard InChI is InChI=1S/C6H10O.C4H8.3C2H6/c1-3-5-6(7)4-2;1-3-4-2;3*1-2/h4-5,7H,2-3H2,1H3;3H,1,4H2,2H3;3*1-2H3/b6-5+;;;;. The van der Waals surface area contributed by atoms with Crippen LogP contribution in [0.25, 0.3) is 0 Å². The van der Waals surface area contributed by atoms with E-state index in [2.05, 4.69) is 20.1 Å². The molecular weight excluding hydrogens is 208 g/mol. The van der Waals surface area contributed by atoms with Crippen LogP contribution in [-0.4, -0.2) is 5.11 Å². The highest BCUT2D eigenvalue weighted by Gasteiger charge is 1.74. The van der Waals surface area contributed by atoms with E-state index >= 15 is 0 Å². The highest BCUT2D eigenvalue weighted by Crippen LogP contribution is 1.89. The van der Waals surface area contributed by atoms with Gasteiger partial charge in [-0.05, 0) is 25.0 Å². The Kier molecular flexibility index (Phi) is 105. The van der Waals surface area contributed by atoms with Gasteiger partial charge in [0.25, 0.3) is 0 Å². The Labute approximate surface area is 111 Å². The molecule has 0 unspecified atom stereocenters. The number of allylic oxidation sites excluding steroid dienone is 3. The first-order chi connectivity index (χ1) is 8.22. The molecule has 106 valence electrons. The van der Waals surface area contributed by atoms with Crippen LogP contribution in [0.2, 0.25) is 0 Å². The largest absolute Gasteiger partial charge is 0.508 e. The first-order valence-electron chi connectivity index (χ1n) is 6.85. The molecule has 0 spiro atoms. The lowest BCUT2D eigenvalue weighted by Crippen LogP contribution is -1.68. The van der Waals surface area contributed by atoms with Crippen molar-refractivity contribution in [1.82, 2.24) is 0 Å². The van der Waals surface area contributed by atoms with Crippen molar-refractivity contribution < 1.29 is 5.11 Å². The molecule has 0 fully saturated rings. The summed E-state index contributed by atoms with van der Waals surface area (Å²) in [6, 6.07) is 0. The number of rotatable bonds is 3. The highest BCUT2D eigenvalue weighted by atomic mass is 16.3. The molecule has 0 aliphatic heterocycles. The predicted molar refractivity (Wildman–Crippen MR) is 85.7 cm³/mol. The van der Waals surface area contributed by atoms with Gasteiger partial charge in [-0.1, -0.05) is 68.0 Å². The second kappa shape index (κ2) is 59.9. The molecule has 1 heteroatoms. The van der Waals surface area contributed by atoms with Crippen molar-refractivity contribution in [2.24, 2.45) is 0 Å². The van der Waals surface area contributed by atoms with Gasteiger partial charge >= 0.3 is 0 Å². The maximum absolute atomic E-state index is 8.60. The molecular formula is C16H36O. The Balaban J connectivity index is -0.0000000412. The first kappa shape index (κ1) is 29.8. The molecule has 0 heterocycles. The predicted octanol–water partition coefficient (Wildman–Crippen LogP) is 6.69. The van der Waals surface area contributed by atoms with E-state index in [1.54, 1.807) is 6.08 Å². The SMILES string of the molecule is C=C/C(O)=C\CC.C=CCC.CC.CC.CC. The maximum Gasteiger partial charge on any atom is 0.110 e. The third kappa shape index (κ3) is 101. The van der Waals surface area contributed by atoms with Gasteiger partial charge in [0.15, 0.2) is 0 Å². The van der Waals surface area contributed by atoms with Crippen molar-refractivity contribution in [3.05, 3.63) is 37.1 Å². The Morgan fingerprint density at radius 1 is 0.882 bits per heavy atom. The molecule has 0 bridgehead atoms. The zero-order chi connectivity index (χ0) is 15.1. The topological polar surface area (TPSA) is 20.2 Å². The molecule has 0 aromatic carbocycles. The molecule has 0 amide bonds. The second-order valence-electron chi connectivity index (χ2n) is 1.94. The van der Waals surface area contributed by atoms with Gasteiger partial charge in [-0.25, -0.2) is 0 Å². The lowest BCUT2D eigenvalue weighted by molar-refractivity contribution is 0.430. The summed E-state index contributed by atoms with van der Waals surface area (Å²) in [7, 11) is 0. The number of hydrogen-bond donors (Lipinski definition) is 1. The van der Waals surface area contributed by atoms with E-state index in [-0.39, 0.29) is 5.76 Å². The van der Waals surface area contributed by atoms with Crippen molar-refractivity contribution in [1.29, 1.82) is 0 Å². The fourth-order valence-corrected chi connectivity index (χ4v) is 0.292. The molecule has 0 saturated carbocycles. The van der Waals surface area contributed by atoms with Crippen LogP contribution in [0.15, 0.2) is 37.1 Å². The fraction of sp³-hybridized carbons (Fsp3) is 0.625. The molecule has 0 saturated heterocycles. The van der Waals surface area contributed by atoms with E-state index in [4.69, 9.17) is 5.11 Å². The van der Waals surface area contributed by atoms with Crippen LogP contribution in [0.4, 0.5) is 0 Å². The number of aliphatic hydroxyl groups excluding tert-OH is 1. The van der Waals surface area contributed by atoms with Gasteiger partial charge in [0, 0.05) is 0 Å². The van der Waals surface area contributed by atoms with E-state index < -0.39 is 0 Å². The average Bonchev–Trinajstić information content (AvgIpc) is 2.46. The first-order valence-corrected chi connectivity index (χ1v) is 6.85. The van der Waals surface area contributed by atoms with Crippen LogP contribution in [-0.2, 0) is 0 Å². The zero-order valence-corrected chi connectivity index (χ0v) is 13.5. The van der Waals surface area contributed by atoms with Gasteiger partial charge in [0.2, 0.25) is 0 Å². The molecule has 0 radical (unpaired) electrons. The average molecular weight is 244 g/mol. The van der Waals surface area contributed by atoms with Gasteiger partial charge in [-0.2, -0.15) is 0 Å². The third-order valence-electron chi connectivity index (χ3n) is 0.911. The summed E-state index contributed by atoms with van der Waals surface area (Å²) in [6.07, 6.45) is 6.94. The minimum absolute atomic E-state index is 0.266. The molecule has 0 aliphatic carbocycles. The molecule has 0 aromatic rings. The summed E-state index contributed by atoms with van der Waals surface area (Å²) < 4.78 is 0. The lowest BCUT2D eigenvalue weighted by atomic mass is 10.4. The molecule has 1 N–H and O–H groups in total. The molecule has 0 aliphatic rings. The van der Waals surface area contributed by atoms with E-state index in [1.165, 1.54) is 6.08 Å². The fourth-order valence-electron chi connectivity index (χ4n) is 0.292. The minimum atomic E-state index is 0.266. The highest BCUT2D eigenvalue weighted by molar-refractivity contribution is 5.05. The Morgan fingerprint density at radius 3 is 1.24 bits per heavy atom. The van der Waals surface area contributed by atoms with Crippen molar-refractivity contribution in [2.75, 3.05) is 0 Å². The summed E-state index contributed by atoms with van der Waals surface area (Å²) in [4.78, 5) is 0. The Morgan fingerprint density at radius 2 is 1.18 bits per heavy atom. The minimum Gasteiger partial charge on any atom is -0.508 e. The van der Waals surface area contributed by atoms with Crippen LogP contribution in [0.1, 0.15) is 68.2 Å². The molecule has 1 nitrogen and oxygen atoms in total. The van der Waals surface area contributed by atoms with Crippen LogP contribution in [0.5, 0.6) is 0 Å². The Bertz CT molecular complexity index is 123. The van der Waals surface area contributed by atoms with E-state index in [9.17, 15) is 0 Å². The van der Waals surface area contributed by atoms with E-state index in [1.807, 2.05) is 54.5 Å². The summed E-state index contributed by atoms with van der Waals surface area (Å²) in [5.41, 5.74) is 0. The summed E-state index contributed by atoms with van der Waals surface area (Å²) in [5.74, 6) is 0.266. The van der Waals surface area contributed by atoms with E-state index in [0.29, 0.717) is 0 Å². The van der Waals surface area contributed by atoms with Gasteiger partial charge < -0.3 is 5.11 Å². The van der Waals surface area contributed by atoms with Gasteiger partial charge in [0.05, 0.1) is 0 Å². The van der Waals surface area contributed by atoms with Gasteiger partial charge in [-0.15, -0.1) is 6.58 Å². The van der Waals surface area contributed by atoms with Crippen molar-refractivity contribution in [2.45, 2.75) is 68.2 Å². The molecule has 0 rings (SSSR count). The van der Waals surface area contributed by atoms with Crippen LogP contribution >= 0.6 is 0 Å². The van der Waals surface area contributed by atoms with E-state index in [0.717, 1.165) is 12.8 Å². The normalized spacial score (nSPS) is 7.18. The quantitative estimate of drug-likeness (QED) is 0.333.